The van der Waals surface area contributed by atoms with Gasteiger partial charge in [-0.2, -0.15) is 5.10 Å². The largest absolute Gasteiger partial charge is 0.352 e. The van der Waals surface area contributed by atoms with Gasteiger partial charge in [0, 0.05) is 18.9 Å². The monoisotopic (exact) mass is 427 g/mol. The van der Waals surface area contributed by atoms with E-state index in [1.807, 2.05) is 31.0 Å². The Kier molecular flexibility index (Phi) is 9.44. The lowest BCUT2D eigenvalue weighted by Crippen LogP contribution is -2.55. The number of aryl methyl sites for hydroxylation is 1. The molecule has 0 spiro atoms. The molecule has 0 saturated carbocycles. The number of piperidine rings is 1. The summed E-state index contributed by atoms with van der Waals surface area (Å²) in [7, 11) is 4.09. The minimum atomic E-state index is -0.598. The normalized spacial score (nSPS) is 16.6. The van der Waals surface area contributed by atoms with Crippen molar-refractivity contribution in [3.63, 3.8) is 0 Å². The van der Waals surface area contributed by atoms with Gasteiger partial charge in [0.25, 0.3) is 0 Å². The van der Waals surface area contributed by atoms with Crippen molar-refractivity contribution < 1.29 is 4.79 Å². The Morgan fingerprint density at radius 3 is 2.43 bits per heavy atom. The summed E-state index contributed by atoms with van der Waals surface area (Å²) in [4.78, 5) is 15.4. The maximum atomic E-state index is 13.2. The van der Waals surface area contributed by atoms with Gasteiger partial charge in [0.1, 0.15) is 5.54 Å². The first kappa shape index (κ1) is 24.4. The molecule has 0 bridgehead atoms. The molecule has 6 nitrogen and oxygen atoms in total. The summed E-state index contributed by atoms with van der Waals surface area (Å²) in [5.41, 5.74) is 1.85. The molecular weight excluding hydrogens is 397 g/mol. The van der Waals surface area contributed by atoms with E-state index in [1.165, 1.54) is 11.1 Å². The van der Waals surface area contributed by atoms with Crippen LogP contribution in [-0.4, -0.2) is 54.3 Å². The molecule has 1 aromatic heterocycles. The van der Waals surface area contributed by atoms with Gasteiger partial charge in [-0.25, -0.2) is 0 Å². The van der Waals surface area contributed by atoms with Crippen molar-refractivity contribution in [2.45, 2.75) is 31.3 Å². The molecule has 156 valence electrons. The molecule has 1 atom stereocenters. The van der Waals surface area contributed by atoms with Gasteiger partial charge >= 0.3 is 0 Å². The topological polar surface area (TPSA) is 62.2 Å². The summed E-state index contributed by atoms with van der Waals surface area (Å²) >= 11 is 0. The molecule has 1 fully saturated rings. The smallest absolute Gasteiger partial charge is 0.248 e. The third-order valence-electron chi connectivity index (χ3n) is 5.34. The summed E-state index contributed by atoms with van der Waals surface area (Å²) in [6.45, 7) is 4.30. The second-order valence-corrected chi connectivity index (χ2v) is 7.33. The number of carbonyl (C=O) groups excluding carboxylic acids is 1. The van der Waals surface area contributed by atoms with Crippen LogP contribution < -0.4 is 10.6 Å². The summed E-state index contributed by atoms with van der Waals surface area (Å²) in [6, 6.07) is 10.5. The fourth-order valence-corrected chi connectivity index (χ4v) is 3.66. The summed E-state index contributed by atoms with van der Waals surface area (Å²) < 4.78 is 1.83. The van der Waals surface area contributed by atoms with Crippen molar-refractivity contribution in [2.75, 3.05) is 33.7 Å². The zero-order chi connectivity index (χ0) is 18.6. The predicted molar refractivity (Wildman–Crippen MR) is 117 cm³/mol. The van der Waals surface area contributed by atoms with Crippen molar-refractivity contribution in [2.24, 2.45) is 0 Å². The number of hydrogen-bond acceptors (Lipinski definition) is 4. The Hall–Kier alpha value is -1.60. The lowest BCUT2D eigenvalue weighted by Gasteiger charge is -2.37. The lowest BCUT2D eigenvalue weighted by molar-refractivity contribution is -0.132. The highest BCUT2D eigenvalue weighted by molar-refractivity contribution is 5.85. The minimum Gasteiger partial charge on any atom is -0.352 e. The third-order valence-corrected chi connectivity index (χ3v) is 5.34. The van der Waals surface area contributed by atoms with Crippen LogP contribution in [0, 0.1) is 6.92 Å². The van der Waals surface area contributed by atoms with Gasteiger partial charge in [0.05, 0.1) is 6.04 Å². The quantitative estimate of drug-likeness (QED) is 0.743. The highest BCUT2D eigenvalue weighted by Crippen LogP contribution is 2.27. The fraction of sp³-hybridized carbons (Fsp3) is 0.500. The molecule has 0 radical (unpaired) electrons. The van der Waals surface area contributed by atoms with Gasteiger partial charge in [-0.1, -0.05) is 29.8 Å². The molecule has 2 aromatic rings. The number of rotatable bonds is 6. The second-order valence-electron chi connectivity index (χ2n) is 7.33. The van der Waals surface area contributed by atoms with Gasteiger partial charge in [0.2, 0.25) is 5.91 Å². The van der Waals surface area contributed by atoms with Gasteiger partial charge in [-0.15, -0.1) is 24.8 Å². The second kappa shape index (κ2) is 10.8. The maximum Gasteiger partial charge on any atom is 0.248 e. The number of benzene rings is 1. The van der Waals surface area contributed by atoms with E-state index in [0.29, 0.717) is 6.54 Å². The van der Waals surface area contributed by atoms with Crippen LogP contribution in [0.25, 0.3) is 0 Å². The van der Waals surface area contributed by atoms with E-state index in [2.05, 4.69) is 51.8 Å². The maximum absolute atomic E-state index is 13.2. The van der Waals surface area contributed by atoms with E-state index in [4.69, 9.17) is 0 Å². The first-order valence-electron chi connectivity index (χ1n) is 9.25. The molecule has 1 saturated heterocycles. The Labute approximate surface area is 179 Å². The fourth-order valence-electron chi connectivity index (χ4n) is 3.66. The number of hydrogen-bond donors (Lipinski definition) is 2. The average Bonchev–Trinajstić information content (AvgIpc) is 3.18. The number of nitrogens with zero attached hydrogens (tertiary/aromatic N) is 3. The third kappa shape index (κ3) is 5.26. The van der Waals surface area contributed by atoms with Crippen molar-refractivity contribution in [3.05, 3.63) is 53.9 Å². The molecule has 1 amide bonds. The van der Waals surface area contributed by atoms with E-state index >= 15 is 0 Å². The van der Waals surface area contributed by atoms with Crippen LogP contribution in [-0.2, 0) is 10.3 Å². The van der Waals surface area contributed by atoms with Crippen molar-refractivity contribution in [1.82, 2.24) is 25.3 Å². The van der Waals surface area contributed by atoms with Crippen LogP contribution in [0.1, 0.15) is 30.0 Å². The SMILES string of the molecule is Cc1ccc(C(CNC(=O)C2(n3cccn3)CCNCC2)N(C)C)cc1.Cl.Cl. The molecule has 0 aliphatic carbocycles. The lowest BCUT2D eigenvalue weighted by atomic mass is 9.87. The van der Waals surface area contributed by atoms with Crippen molar-refractivity contribution in [3.8, 4) is 0 Å². The number of amides is 1. The number of likely N-dealkylation sites (N-methyl/N-ethyl adjacent to an activating group) is 1. The highest BCUT2D eigenvalue weighted by Gasteiger charge is 2.42. The molecule has 2 heterocycles. The van der Waals surface area contributed by atoms with E-state index in [9.17, 15) is 4.79 Å². The van der Waals surface area contributed by atoms with Crippen LogP contribution >= 0.6 is 24.8 Å². The average molecular weight is 428 g/mol. The van der Waals surface area contributed by atoms with Gasteiger partial charge in [-0.05, 0) is 58.6 Å². The molecule has 1 aliphatic heterocycles. The molecule has 1 aromatic carbocycles. The van der Waals surface area contributed by atoms with E-state index in [0.717, 1.165) is 25.9 Å². The Morgan fingerprint density at radius 2 is 1.89 bits per heavy atom. The summed E-state index contributed by atoms with van der Waals surface area (Å²) in [6.07, 6.45) is 5.13. The van der Waals surface area contributed by atoms with Crippen molar-refractivity contribution >= 4 is 30.7 Å². The van der Waals surface area contributed by atoms with Crippen LogP contribution in [0.5, 0.6) is 0 Å². The summed E-state index contributed by atoms with van der Waals surface area (Å²) in [5, 5.41) is 10.9. The predicted octanol–water partition coefficient (Wildman–Crippen LogP) is 2.53. The van der Waals surface area contributed by atoms with Crippen LogP contribution in [0.2, 0.25) is 0 Å². The standard InChI is InChI=1S/C20H29N5O.2ClH/c1-16-5-7-17(8-6-16)18(24(2)3)15-22-19(26)20(9-12-21-13-10-20)25-14-4-11-23-25;;/h4-8,11,14,18,21H,9-10,12-13,15H2,1-3H3,(H,22,26);2*1H. The summed E-state index contributed by atoms with van der Waals surface area (Å²) in [5.74, 6) is 0.0571. The van der Waals surface area contributed by atoms with Gasteiger partial charge < -0.3 is 15.5 Å². The Bertz CT molecular complexity index is 713. The number of halogens is 2. The Morgan fingerprint density at radius 1 is 1.25 bits per heavy atom. The number of nitrogens with one attached hydrogen (secondary N) is 2. The zero-order valence-electron chi connectivity index (χ0n) is 16.7. The molecule has 3 rings (SSSR count). The molecular formula is C20H31Cl2N5O. The minimum absolute atomic E-state index is 0. The van der Waals surface area contributed by atoms with Crippen molar-refractivity contribution in [1.29, 1.82) is 0 Å². The van der Waals surface area contributed by atoms with Crippen LogP contribution in [0.4, 0.5) is 0 Å². The first-order chi connectivity index (χ1) is 12.5. The van der Waals surface area contributed by atoms with E-state index in [-0.39, 0.29) is 36.8 Å². The van der Waals surface area contributed by atoms with Gasteiger partial charge in [0.15, 0.2) is 0 Å². The number of carbonyl (C=O) groups is 1. The zero-order valence-corrected chi connectivity index (χ0v) is 18.4. The van der Waals surface area contributed by atoms with E-state index < -0.39 is 5.54 Å². The van der Waals surface area contributed by atoms with Gasteiger partial charge in [-0.3, -0.25) is 9.48 Å². The molecule has 1 aliphatic rings. The molecule has 28 heavy (non-hydrogen) atoms. The van der Waals surface area contributed by atoms with E-state index in [1.54, 1.807) is 6.20 Å². The number of aromatic nitrogens is 2. The van der Waals surface area contributed by atoms with Crippen LogP contribution in [0.3, 0.4) is 0 Å². The molecule has 1 unspecified atom stereocenters. The molecule has 8 heteroatoms. The van der Waals surface area contributed by atoms with Crippen LogP contribution in [0.15, 0.2) is 42.7 Å². The molecule has 2 N–H and O–H groups in total. The Balaban J connectivity index is 0.00000196. The first-order valence-corrected chi connectivity index (χ1v) is 9.25. The highest BCUT2D eigenvalue weighted by atomic mass is 35.5.